The molecule has 84 valence electrons. The van der Waals surface area contributed by atoms with E-state index in [1.54, 1.807) is 0 Å². The maximum atomic E-state index is 8.51. The van der Waals surface area contributed by atoms with Gasteiger partial charge in [0.25, 0.3) is 0 Å². The van der Waals surface area contributed by atoms with Gasteiger partial charge in [-0.25, -0.2) is 0 Å². The fraction of sp³-hybridized carbons (Fsp3) is 0.417. The molecule has 1 aliphatic heterocycles. The Morgan fingerprint density at radius 1 is 1.56 bits per heavy atom. The molecule has 1 heterocycles. The van der Waals surface area contributed by atoms with Crippen molar-refractivity contribution in [2.24, 2.45) is 0 Å². The van der Waals surface area contributed by atoms with E-state index in [1.165, 1.54) is 5.56 Å². The first kappa shape index (κ1) is 11.4. The van der Waals surface area contributed by atoms with E-state index in [0.717, 1.165) is 29.8 Å². The van der Waals surface area contributed by atoms with Crippen LogP contribution in [-0.2, 0) is 0 Å². The monoisotopic (exact) mass is 280 g/mol. The van der Waals surface area contributed by atoms with Gasteiger partial charge in [0.1, 0.15) is 5.75 Å². The number of hydrogen-bond donors (Lipinski definition) is 1. The molecule has 0 saturated carbocycles. The van der Waals surface area contributed by atoms with Crippen LogP contribution in [0.25, 0.3) is 0 Å². The number of fused-ring (bicyclic) bond motifs is 1. The number of hydrogen-bond acceptors (Lipinski definition) is 3. The van der Waals surface area contributed by atoms with Crippen LogP contribution >= 0.6 is 15.9 Å². The molecule has 1 aliphatic rings. The van der Waals surface area contributed by atoms with E-state index in [2.05, 4.69) is 33.4 Å². The minimum absolute atomic E-state index is 0.301. The molecule has 0 spiro atoms. The molecule has 0 bridgehead atoms. The van der Waals surface area contributed by atoms with Crippen molar-refractivity contribution >= 4 is 15.9 Å². The number of rotatable bonds is 3. The van der Waals surface area contributed by atoms with Crippen molar-refractivity contribution in [1.29, 1.82) is 5.26 Å². The van der Waals surface area contributed by atoms with E-state index in [-0.39, 0.29) is 0 Å². The Balaban J connectivity index is 2.12. The molecule has 1 aromatic rings. The molecule has 0 fully saturated rings. The van der Waals surface area contributed by atoms with E-state index in [4.69, 9.17) is 10.00 Å². The van der Waals surface area contributed by atoms with Crippen molar-refractivity contribution in [3.05, 3.63) is 28.2 Å². The number of nitrogens with zero attached hydrogens (tertiary/aromatic N) is 1. The number of nitriles is 1. The van der Waals surface area contributed by atoms with Gasteiger partial charge in [0.15, 0.2) is 0 Å². The zero-order chi connectivity index (χ0) is 11.4. The smallest absolute Gasteiger partial charge is 0.124 e. The number of ether oxygens (including phenoxy) is 1. The Morgan fingerprint density at radius 3 is 3.25 bits per heavy atom. The van der Waals surface area contributed by atoms with Crippen molar-refractivity contribution in [2.45, 2.75) is 18.9 Å². The maximum Gasteiger partial charge on any atom is 0.124 e. The molecule has 16 heavy (non-hydrogen) atoms. The highest BCUT2D eigenvalue weighted by molar-refractivity contribution is 9.10. The minimum Gasteiger partial charge on any atom is -0.493 e. The van der Waals surface area contributed by atoms with Crippen LogP contribution in [0.15, 0.2) is 22.7 Å². The fourth-order valence-electron chi connectivity index (χ4n) is 1.88. The van der Waals surface area contributed by atoms with Crippen LogP contribution < -0.4 is 10.1 Å². The van der Waals surface area contributed by atoms with Gasteiger partial charge in [-0.05, 0) is 18.2 Å². The Hall–Kier alpha value is -1.05. The second-order valence-electron chi connectivity index (χ2n) is 3.73. The van der Waals surface area contributed by atoms with Gasteiger partial charge in [0, 0.05) is 35.5 Å². The second-order valence-corrected chi connectivity index (χ2v) is 4.65. The van der Waals surface area contributed by atoms with Gasteiger partial charge in [-0.2, -0.15) is 5.26 Å². The summed E-state index contributed by atoms with van der Waals surface area (Å²) in [6.45, 7) is 1.46. The molecule has 0 saturated heterocycles. The van der Waals surface area contributed by atoms with Crippen LogP contribution in [0.3, 0.4) is 0 Å². The highest BCUT2D eigenvalue weighted by Crippen LogP contribution is 2.33. The number of benzene rings is 1. The summed E-state index contributed by atoms with van der Waals surface area (Å²) in [5.74, 6) is 0.948. The zero-order valence-electron chi connectivity index (χ0n) is 8.87. The van der Waals surface area contributed by atoms with E-state index in [9.17, 15) is 0 Å². The number of halogens is 1. The second kappa shape index (κ2) is 5.33. The molecule has 0 aromatic heterocycles. The summed E-state index contributed by atoms with van der Waals surface area (Å²) in [6, 6.07) is 8.49. The van der Waals surface area contributed by atoms with Crippen molar-refractivity contribution in [3.63, 3.8) is 0 Å². The predicted molar refractivity (Wildman–Crippen MR) is 65.2 cm³/mol. The minimum atomic E-state index is 0.301. The normalized spacial score (nSPS) is 18.4. The molecule has 0 amide bonds. The molecule has 1 aromatic carbocycles. The SMILES string of the molecule is N#CCCNC1CCOc2ccc(Br)cc21. The van der Waals surface area contributed by atoms with Crippen molar-refractivity contribution in [3.8, 4) is 11.8 Å². The van der Waals surface area contributed by atoms with E-state index < -0.39 is 0 Å². The Bertz CT molecular complexity index is 414. The molecular formula is C12H13BrN2O. The summed E-state index contributed by atoms with van der Waals surface area (Å²) in [5.41, 5.74) is 1.18. The Kier molecular flexibility index (Phi) is 3.81. The van der Waals surface area contributed by atoms with Gasteiger partial charge in [-0.15, -0.1) is 0 Å². The van der Waals surface area contributed by atoms with Gasteiger partial charge < -0.3 is 10.1 Å². The largest absolute Gasteiger partial charge is 0.493 e. The molecule has 0 radical (unpaired) electrons. The quantitative estimate of drug-likeness (QED) is 0.866. The third kappa shape index (κ3) is 2.55. The van der Waals surface area contributed by atoms with Crippen LogP contribution in [0.5, 0.6) is 5.75 Å². The van der Waals surface area contributed by atoms with Crippen molar-refractivity contribution in [1.82, 2.24) is 5.32 Å². The topological polar surface area (TPSA) is 45.0 Å². The lowest BCUT2D eigenvalue weighted by Gasteiger charge is -2.26. The van der Waals surface area contributed by atoms with Crippen LogP contribution in [0.4, 0.5) is 0 Å². The van der Waals surface area contributed by atoms with Crippen LogP contribution in [0, 0.1) is 11.3 Å². The van der Waals surface area contributed by atoms with Crippen LogP contribution in [-0.4, -0.2) is 13.2 Å². The maximum absolute atomic E-state index is 8.51. The summed E-state index contributed by atoms with van der Waals surface area (Å²) in [5, 5.41) is 11.9. The van der Waals surface area contributed by atoms with E-state index in [1.807, 2.05) is 12.1 Å². The van der Waals surface area contributed by atoms with Gasteiger partial charge in [-0.3, -0.25) is 0 Å². The molecule has 3 nitrogen and oxygen atoms in total. The summed E-state index contributed by atoms with van der Waals surface area (Å²) < 4.78 is 6.65. The Labute approximate surface area is 104 Å². The molecule has 2 rings (SSSR count). The fourth-order valence-corrected chi connectivity index (χ4v) is 2.26. The van der Waals surface area contributed by atoms with Crippen molar-refractivity contribution in [2.75, 3.05) is 13.2 Å². The molecule has 1 N–H and O–H groups in total. The summed E-state index contributed by atoms with van der Waals surface area (Å²) >= 11 is 3.46. The van der Waals surface area contributed by atoms with E-state index in [0.29, 0.717) is 12.5 Å². The highest BCUT2D eigenvalue weighted by Gasteiger charge is 2.20. The molecule has 1 atom stereocenters. The summed E-state index contributed by atoms with van der Waals surface area (Å²) in [7, 11) is 0. The molecule has 0 aliphatic carbocycles. The molecular weight excluding hydrogens is 268 g/mol. The predicted octanol–water partition coefficient (Wildman–Crippen LogP) is 2.78. The van der Waals surface area contributed by atoms with Gasteiger partial charge in [-0.1, -0.05) is 15.9 Å². The highest BCUT2D eigenvalue weighted by atomic mass is 79.9. The summed E-state index contributed by atoms with van der Waals surface area (Å²) in [6.07, 6.45) is 1.50. The van der Waals surface area contributed by atoms with Crippen LogP contribution in [0.1, 0.15) is 24.4 Å². The zero-order valence-corrected chi connectivity index (χ0v) is 10.5. The van der Waals surface area contributed by atoms with Gasteiger partial charge in [0.2, 0.25) is 0 Å². The van der Waals surface area contributed by atoms with Crippen LogP contribution in [0.2, 0.25) is 0 Å². The lowest BCUT2D eigenvalue weighted by molar-refractivity contribution is 0.253. The molecule has 1 unspecified atom stereocenters. The third-order valence-electron chi connectivity index (χ3n) is 2.64. The summed E-state index contributed by atoms with van der Waals surface area (Å²) in [4.78, 5) is 0. The van der Waals surface area contributed by atoms with Crippen molar-refractivity contribution < 1.29 is 4.74 Å². The number of nitrogens with one attached hydrogen (secondary N) is 1. The third-order valence-corrected chi connectivity index (χ3v) is 3.13. The van der Waals surface area contributed by atoms with E-state index >= 15 is 0 Å². The first-order valence-corrected chi connectivity index (χ1v) is 6.13. The average Bonchev–Trinajstić information content (AvgIpc) is 2.30. The molecule has 4 heteroatoms. The van der Waals surface area contributed by atoms with Gasteiger partial charge >= 0.3 is 0 Å². The lowest BCUT2D eigenvalue weighted by atomic mass is 10.0. The van der Waals surface area contributed by atoms with Gasteiger partial charge in [0.05, 0.1) is 12.7 Å². The Morgan fingerprint density at radius 2 is 2.44 bits per heavy atom. The first-order chi connectivity index (χ1) is 7.81. The average molecular weight is 281 g/mol. The lowest BCUT2D eigenvalue weighted by Crippen LogP contribution is -2.27. The standard InChI is InChI=1S/C12H13BrN2O/c13-9-2-3-12-10(8-9)11(4-7-16-12)15-6-1-5-14/h2-3,8,11,15H,1,4,6-7H2. The first-order valence-electron chi connectivity index (χ1n) is 5.34.